The highest BCUT2D eigenvalue weighted by Crippen LogP contribution is 2.29. The third kappa shape index (κ3) is 4.68. The molecule has 0 bridgehead atoms. The second-order valence-corrected chi connectivity index (χ2v) is 4.31. The minimum absolute atomic E-state index is 0.192. The lowest BCUT2D eigenvalue weighted by molar-refractivity contribution is 0.194. The molecular weight excluding hydrogens is 206 g/mol. The normalized spacial score (nSPS) is 19.9. The van der Waals surface area contributed by atoms with Gasteiger partial charge in [0.15, 0.2) is 6.26 Å². The first-order valence-corrected chi connectivity index (χ1v) is 5.94. The molecule has 0 spiro atoms. The average Bonchev–Trinajstić information content (AvgIpc) is 2.25. The first-order chi connectivity index (χ1) is 6.83. The molecule has 1 atom stereocenters. The first kappa shape index (κ1) is 11.6. The molecular formula is C9H15FO3P+. The molecule has 3 nitrogen and oxygen atoms in total. The molecule has 0 saturated heterocycles. The van der Waals surface area contributed by atoms with Crippen LogP contribution in [0.25, 0.3) is 0 Å². The fourth-order valence-corrected chi connectivity index (χ4v) is 2.16. The summed E-state index contributed by atoms with van der Waals surface area (Å²) in [6, 6.07) is 0. The molecule has 0 amide bonds. The Bertz CT molecular complexity index is 202. The molecule has 0 aromatic carbocycles. The Hall–Kier alpha value is -0.470. The second-order valence-electron chi connectivity index (χ2n) is 3.39. The zero-order valence-electron chi connectivity index (χ0n) is 8.02. The highest BCUT2D eigenvalue weighted by Gasteiger charge is 2.23. The van der Waals surface area contributed by atoms with Crippen LogP contribution in [-0.4, -0.2) is 6.61 Å². The quantitative estimate of drug-likeness (QED) is 0.524. The van der Waals surface area contributed by atoms with Gasteiger partial charge < -0.3 is 0 Å². The summed E-state index contributed by atoms with van der Waals surface area (Å²) in [5, 5.41) is 0. The Morgan fingerprint density at radius 2 is 2.07 bits per heavy atom. The van der Waals surface area contributed by atoms with Crippen LogP contribution in [0.5, 0.6) is 0 Å². The summed E-state index contributed by atoms with van der Waals surface area (Å²) >= 11 is 0. The Kier molecular flexibility index (Phi) is 5.72. The molecule has 0 radical (unpaired) electrons. The van der Waals surface area contributed by atoms with Crippen LogP contribution in [0.2, 0.25) is 0 Å². The van der Waals surface area contributed by atoms with E-state index in [1.54, 1.807) is 0 Å². The molecule has 0 aromatic rings. The maximum atomic E-state index is 11.5. The van der Waals surface area contributed by atoms with Crippen molar-refractivity contribution in [3.63, 3.8) is 0 Å². The largest absolute Gasteiger partial charge is 0.749 e. The standard InChI is InChI=1S/C9H15FO3P/c10-6-7-12-14(11)13-8-9-4-2-1-3-5-9/h6-7,9H,1-5,8H2/q+1. The number of hydrogen-bond donors (Lipinski definition) is 0. The summed E-state index contributed by atoms with van der Waals surface area (Å²) in [6.45, 7) is 0.454. The van der Waals surface area contributed by atoms with Crippen LogP contribution in [0.15, 0.2) is 12.6 Å². The zero-order chi connectivity index (χ0) is 10.2. The summed E-state index contributed by atoms with van der Waals surface area (Å²) in [5.74, 6) is 0.487. The zero-order valence-corrected chi connectivity index (χ0v) is 8.92. The number of rotatable bonds is 5. The highest BCUT2D eigenvalue weighted by molar-refractivity contribution is 7.33. The van der Waals surface area contributed by atoms with E-state index in [0.717, 1.165) is 19.1 Å². The molecule has 1 fully saturated rings. The molecule has 0 N–H and O–H groups in total. The summed E-state index contributed by atoms with van der Waals surface area (Å²) in [7, 11) is -2.19. The number of hydrogen-bond acceptors (Lipinski definition) is 3. The van der Waals surface area contributed by atoms with Crippen LogP contribution < -0.4 is 0 Å². The van der Waals surface area contributed by atoms with Gasteiger partial charge in [-0.2, -0.15) is 0 Å². The molecule has 1 unspecified atom stereocenters. The van der Waals surface area contributed by atoms with Gasteiger partial charge >= 0.3 is 8.25 Å². The van der Waals surface area contributed by atoms with Crippen LogP contribution in [0.3, 0.4) is 0 Å². The second kappa shape index (κ2) is 6.91. The Balaban J connectivity index is 2.09. The van der Waals surface area contributed by atoms with E-state index in [4.69, 9.17) is 4.52 Å². The van der Waals surface area contributed by atoms with Gasteiger partial charge in [0.1, 0.15) is 12.9 Å². The fraction of sp³-hybridized carbons (Fsp3) is 0.778. The molecule has 14 heavy (non-hydrogen) atoms. The molecule has 5 heteroatoms. The lowest BCUT2D eigenvalue weighted by atomic mass is 9.90. The van der Waals surface area contributed by atoms with Crippen molar-refractivity contribution < 1.29 is 18.0 Å². The predicted octanol–water partition coefficient (Wildman–Crippen LogP) is 3.70. The van der Waals surface area contributed by atoms with E-state index in [-0.39, 0.29) is 6.33 Å². The van der Waals surface area contributed by atoms with Gasteiger partial charge in [0, 0.05) is 4.57 Å². The van der Waals surface area contributed by atoms with Crippen LogP contribution in [0, 0.1) is 5.92 Å². The molecule has 1 saturated carbocycles. The first-order valence-electron chi connectivity index (χ1n) is 4.85. The molecule has 0 aliphatic heterocycles. The number of halogens is 1. The van der Waals surface area contributed by atoms with Gasteiger partial charge in [0.05, 0.1) is 0 Å². The highest BCUT2D eigenvalue weighted by atomic mass is 31.1. The van der Waals surface area contributed by atoms with E-state index < -0.39 is 8.25 Å². The third-order valence-electron chi connectivity index (χ3n) is 2.34. The van der Waals surface area contributed by atoms with Crippen molar-refractivity contribution in [2.24, 2.45) is 5.92 Å². The van der Waals surface area contributed by atoms with E-state index in [1.807, 2.05) is 0 Å². The van der Waals surface area contributed by atoms with Crippen molar-refractivity contribution >= 4 is 8.25 Å². The summed E-state index contributed by atoms with van der Waals surface area (Å²) in [5.41, 5.74) is 0. The molecule has 1 aliphatic carbocycles. The Morgan fingerprint density at radius 1 is 1.36 bits per heavy atom. The molecule has 1 aliphatic rings. The maximum absolute atomic E-state index is 11.5. The van der Waals surface area contributed by atoms with Crippen LogP contribution >= 0.6 is 8.25 Å². The molecule has 0 heterocycles. The monoisotopic (exact) mass is 221 g/mol. The predicted molar refractivity (Wildman–Crippen MR) is 51.5 cm³/mol. The van der Waals surface area contributed by atoms with Crippen molar-refractivity contribution in [3.8, 4) is 0 Å². The summed E-state index contributed by atoms with van der Waals surface area (Å²) in [6.07, 6.45) is 6.90. The van der Waals surface area contributed by atoms with Gasteiger partial charge in [-0.05, 0) is 18.8 Å². The van der Waals surface area contributed by atoms with Crippen molar-refractivity contribution in [1.29, 1.82) is 0 Å². The third-order valence-corrected chi connectivity index (χ3v) is 2.99. The van der Waals surface area contributed by atoms with Gasteiger partial charge in [-0.25, -0.2) is 8.91 Å². The molecule has 1 rings (SSSR count). The van der Waals surface area contributed by atoms with Crippen LogP contribution in [0.1, 0.15) is 32.1 Å². The van der Waals surface area contributed by atoms with Crippen molar-refractivity contribution in [3.05, 3.63) is 12.6 Å². The van der Waals surface area contributed by atoms with Crippen molar-refractivity contribution in [2.75, 3.05) is 6.61 Å². The average molecular weight is 221 g/mol. The van der Waals surface area contributed by atoms with Crippen LogP contribution in [-0.2, 0) is 13.6 Å². The lowest BCUT2D eigenvalue weighted by Crippen LogP contribution is -2.11. The topological polar surface area (TPSA) is 35.5 Å². The Labute approximate surface area is 84.2 Å². The minimum Gasteiger partial charge on any atom is -0.235 e. The van der Waals surface area contributed by atoms with E-state index >= 15 is 0 Å². The van der Waals surface area contributed by atoms with Gasteiger partial charge in [-0.1, -0.05) is 19.3 Å². The minimum atomic E-state index is -2.19. The molecule has 80 valence electrons. The Morgan fingerprint density at radius 3 is 2.71 bits per heavy atom. The smallest absolute Gasteiger partial charge is 0.235 e. The summed E-state index contributed by atoms with van der Waals surface area (Å²) in [4.78, 5) is 0. The van der Waals surface area contributed by atoms with E-state index in [1.165, 1.54) is 19.3 Å². The fourth-order valence-electron chi connectivity index (χ4n) is 1.62. The van der Waals surface area contributed by atoms with Crippen molar-refractivity contribution in [2.45, 2.75) is 32.1 Å². The van der Waals surface area contributed by atoms with Crippen LogP contribution in [0.4, 0.5) is 4.39 Å². The lowest BCUT2D eigenvalue weighted by Gasteiger charge is -2.18. The van der Waals surface area contributed by atoms with E-state index in [2.05, 4.69) is 4.52 Å². The van der Waals surface area contributed by atoms with Crippen molar-refractivity contribution in [1.82, 2.24) is 0 Å². The van der Waals surface area contributed by atoms with Gasteiger partial charge in [0.25, 0.3) is 0 Å². The molecule has 0 aromatic heterocycles. The van der Waals surface area contributed by atoms with Gasteiger partial charge in [-0.3, -0.25) is 0 Å². The summed E-state index contributed by atoms with van der Waals surface area (Å²) < 4.78 is 31.8. The van der Waals surface area contributed by atoms with E-state index in [9.17, 15) is 8.96 Å². The maximum Gasteiger partial charge on any atom is 0.749 e. The van der Waals surface area contributed by atoms with Gasteiger partial charge in [-0.15, -0.1) is 4.52 Å². The SMILES string of the molecule is O=[P+](OC=CF)OCC1CCCCC1. The van der Waals surface area contributed by atoms with Gasteiger partial charge in [0.2, 0.25) is 0 Å². The van der Waals surface area contributed by atoms with E-state index in [0.29, 0.717) is 12.5 Å².